The number of anilines is 1. The summed E-state index contributed by atoms with van der Waals surface area (Å²) in [5.74, 6) is -1.53. The summed E-state index contributed by atoms with van der Waals surface area (Å²) < 4.78 is 0. The van der Waals surface area contributed by atoms with Crippen LogP contribution in [0, 0.1) is 10.8 Å². The molecule has 0 aliphatic carbocycles. The maximum Gasteiger partial charge on any atom is 0.305 e. The molecule has 1 aliphatic heterocycles. The standard InChI is InChI=1S/C20H29N5O4/c1-20(2,3)15(10-18(28)29)23-16(26)11-25-9-8-24(12-17(25)27)14-6-4-13(5-7-14)19(21)22/h4-7,15H,8-12H2,1-3H3,(H3,21,22)(H,23,26)(H,28,29). The number of hydrogen-bond acceptors (Lipinski definition) is 5. The van der Waals surface area contributed by atoms with Gasteiger partial charge in [0.15, 0.2) is 0 Å². The van der Waals surface area contributed by atoms with Gasteiger partial charge in [0.05, 0.1) is 19.5 Å². The first-order valence-electron chi connectivity index (χ1n) is 9.45. The van der Waals surface area contributed by atoms with Crippen molar-refractivity contribution in [1.82, 2.24) is 10.2 Å². The average Bonchev–Trinajstić information content (AvgIpc) is 2.62. The quantitative estimate of drug-likeness (QED) is 0.389. The Hall–Kier alpha value is -3.10. The second-order valence-electron chi connectivity index (χ2n) is 8.28. The third-order valence-electron chi connectivity index (χ3n) is 4.96. The molecule has 2 amide bonds. The molecule has 0 spiro atoms. The molecule has 0 saturated carbocycles. The molecule has 0 aromatic heterocycles. The van der Waals surface area contributed by atoms with E-state index in [1.807, 2.05) is 37.8 Å². The Balaban J connectivity index is 1.93. The molecule has 0 bridgehead atoms. The van der Waals surface area contributed by atoms with E-state index in [1.165, 1.54) is 4.90 Å². The van der Waals surface area contributed by atoms with Crippen LogP contribution in [0.2, 0.25) is 0 Å². The molecule has 1 atom stereocenters. The highest BCUT2D eigenvalue weighted by molar-refractivity contribution is 5.95. The molecule has 9 heteroatoms. The summed E-state index contributed by atoms with van der Waals surface area (Å²) in [6.45, 7) is 6.59. The molecule has 0 radical (unpaired) electrons. The lowest BCUT2D eigenvalue weighted by Gasteiger charge is -2.36. The Morgan fingerprint density at radius 3 is 2.34 bits per heavy atom. The Kier molecular flexibility index (Phi) is 6.84. The van der Waals surface area contributed by atoms with E-state index in [9.17, 15) is 14.4 Å². The summed E-state index contributed by atoms with van der Waals surface area (Å²) in [6.07, 6.45) is -0.173. The predicted octanol–water partition coefficient (Wildman–Crippen LogP) is 0.625. The van der Waals surface area contributed by atoms with Gasteiger partial charge in [-0.2, -0.15) is 0 Å². The fraction of sp³-hybridized carbons (Fsp3) is 0.500. The van der Waals surface area contributed by atoms with Gasteiger partial charge in [-0.05, 0) is 29.7 Å². The van der Waals surface area contributed by atoms with E-state index in [2.05, 4.69) is 5.32 Å². The van der Waals surface area contributed by atoms with Crippen LogP contribution in [0.1, 0.15) is 32.8 Å². The first kappa shape index (κ1) is 22.2. The van der Waals surface area contributed by atoms with Crippen LogP contribution in [-0.2, 0) is 14.4 Å². The normalized spacial score (nSPS) is 15.8. The zero-order valence-electron chi connectivity index (χ0n) is 17.1. The number of rotatable bonds is 7. The summed E-state index contributed by atoms with van der Waals surface area (Å²) in [5.41, 5.74) is 6.51. The summed E-state index contributed by atoms with van der Waals surface area (Å²) in [7, 11) is 0. The van der Waals surface area contributed by atoms with Gasteiger partial charge in [-0.25, -0.2) is 0 Å². The molecular weight excluding hydrogens is 374 g/mol. The summed E-state index contributed by atoms with van der Waals surface area (Å²) in [4.78, 5) is 39.4. The fourth-order valence-electron chi connectivity index (χ4n) is 3.11. The number of aliphatic carboxylic acids is 1. The number of amidine groups is 1. The number of amides is 2. The van der Waals surface area contributed by atoms with Crippen LogP contribution in [0.5, 0.6) is 0 Å². The molecule has 1 saturated heterocycles. The molecule has 1 fully saturated rings. The van der Waals surface area contributed by atoms with Crippen molar-refractivity contribution in [2.45, 2.75) is 33.2 Å². The topological polar surface area (TPSA) is 140 Å². The molecule has 2 rings (SSSR count). The first-order valence-corrected chi connectivity index (χ1v) is 9.45. The maximum absolute atomic E-state index is 12.5. The van der Waals surface area contributed by atoms with E-state index in [0.29, 0.717) is 18.7 Å². The number of carboxylic acid groups (broad SMARTS) is 1. The SMILES string of the molecule is CC(C)(C)C(CC(=O)O)NC(=O)CN1CCN(c2ccc(C(=N)N)cc2)CC1=O. The third-order valence-corrected chi connectivity index (χ3v) is 4.96. The number of nitrogens with one attached hydrogen (secondary N) is 2. The van der Waals surface area contributed by atoms with Crippen LogP contribution in [0.4, 0.5) is 5.69 Å². The van der Waals surface area contributed by atoms with Gasteiger partial charge >= 0.3 is 5.97 Å². The lowest BCUT2D eigenvalue weighted by atomic mass is 9.84. The van der Waals surface area contributed by atoms with Gasteiger partial charge in [0.1, 0.15) is 5.84 Å². The van der Waals surface area contributed by atoms with E-state index in [-0.39, 0.29) is 37.2 Å². The van der Waals surface area contributed by atoms with Gasteiger partial charge in [0, 0.05) is 30.4 Å². The molecule has 1 aliphatic rings. The zero-order valence-corrected chi connectivity index (χ0v) is 17.1. The highest BCUT2D eigenvalue weighted by Crippen LogP contribution is 2.22. The number of nitrogen functional groups attached to an aromatic ring is 1. The Morgan fingerprint density at radius 2 is 1.86 bits per heavy atom. The molecule has 1 aromatic carbocycles. The number of carbonyl (C=O) groups is 3. The minimum absolute atomic E-state index is 0.0140. The second kappa shape index (κ2) is 8.93. The highest BCUT2D eigenvalue weighted by Gasteiger charge is 2.30. The summed E-state index contributed by atoms with van der Waals surface area (Å²) in [6, 6.07) is 6.57. The van der Waals surface area contributed by atoms with Gasteiger partial charge in [0.25, 0.3) is 0 Å². The number of carbonyl (C=O) groups excluding carboxylic acids is 2. The van der Waals surface area contributed by atoms with Crippen molar-refractivity contribution in [3.63, 3.8) is 0 Å². The van der Waals surface area contributed by atoms with Crippen LogP contribution in [-0.4, -0.2) is 65.8 Å². The summed E-state index contributed by atoms with van der Waals surface area (Å²) in [5, 5.41) is 19.3. The number of carboxylic acids is 1. The van der Waals surface area contributed by atoms with Gasteiger partial charge < -0.3 is 26.0 Å². The van der Waals surface area contributed by atoms with E-state index >= 15 is 0 Å². The molecule has 1 aromatic rings. The molecule has 29 heavy (non-hydrogen) atoms. The van der Waals surface area contributed by atoms with Gasteiger partial charge in [-0.3, -0.25) is 19.8 Å². The Labute approximate surface area is 170 Å². The Morgan fingerprint density at radius 1 is 1.24 bits per heavy atom. The third kappa shape index (κ3) is 6.20. The van der Waals surface area contributed by atoms with Crippen LogP contribution in [0.15, 0.2) is 24.3 Å². The predicted molar refractivity (Wildman–Crippen MR) is 110 cm³/mol. The van der Waals surface area contributed by atoms with Crippen molar-refractivity contribution in [3.8, 4) is 0 Å². The molecule has 5 N–H and O–H groups in total. The van der Waals surface area contributed by atoms with Gasteiger partial charge in [-0.15, -0.1) is 0 Å². The molecule has 1 heterocycles. The highest BCUT2D eigenvalue weighted by atomic mass is 16.4. The van der Waals surface area contributed by atoms with Gasteiger partial charge in [0.2, 0.25) is 11.8 Å². The number of benzene rings is 1. The number of nitrogens with zero attached hydrogens (tertiary/aromatic N) is 2. The van der Waals surface area contributed by atoms with E-state index in [0.717, 1.165) is 5.69 Å². The first-order chi connectivity index (χ1) is 13.5. The smallest absolute Gasteiger partial charge is 0.305 e. The van der Waals surface area contributed by atoms with Gasteiger partial charge in [-0.1, -0.05) is 20.8 Å². The number of nitrogens with two attached hydrogens (primary N) is 1. The number of piperazine rings is 1. The number of hydrogen-bond donors (Lipinski definition) is 4. The van der Waals surface area contributed by atoms with Crippen LogP contribution in [0.25, 0.3) is 0 Å². The lowest BCUT2D eigenvalue weighted by Crippen LogP contribution is -2.55. The lowest BCUT2D eigenvalue weighted by molar-refractivity contribution is -0.140. The largest absolute Gasteiger partial charge is 0.481 e. The summed E-state index contributed by atoms with van der Waals surface area (Å²) >= 11 is 0. The van der Waals surface area contributed by atoms with Crippen LogP contribution in [0.3, 0.4) is 0 Å². The zero-order chi connectivity index (χ0) is 21.8. The maximum atomic E-state index is 12.5. The van der Waals surface area contributed by atoms with Crippen LogP contribution >= 0.6 is 0 Å². The van der Waals surface area contributed by atoms with Crippen molar-refractivity contribution >= 4 is 29.3 Å². The van der Waals surface area contributed by atoms with Crippen LogP contribution < -0.4 is 16.0 Å². The molecule has 1 unspecified atom stereocenters. The van der Waals surface area contributed by atoms with E-state index in [4.69, 9.17) is 16.2 Å². The van der Waals surface area contributed by atoms with Crippen molar-refractivity contribution in [2.75, 3.05) is 31.1 Å². The van der Waals surface area contributed by atoms with E-state index in [1.54, 1.807) is 12.1 Å². The fourth-order valence-corrected chi connectivity index (χ4v) is 3.11. The monoisotopic (exact) mass is 403 g/mol. The minimum atomic E-state index is -0.981. The second-order valence-corrected chi connectivity index (χ2v) is 8.28. The molecule has 9 nitrogen and oxygen atoms in total. The van der Waals surface area contributed by atoms with E-state index < -0.39 is 17.4 Å². The molecular formula is C20H29N5O4. The molecule has 158 valence electrons. The van der Waals surface area contributed by atoms with Crippen molar-refractivity contribution < 1.29 is 19.5 Å². The van der Waals surface area contributed by atoms with Crippen molar-refractivity contribution in [3.05, 3.63) is 29.8 Å². The Bertz CT molecular complexity index is 785. The minimum Gasteiger partial charge on any atom is -0.481 e. The van der Waals surface area contributed by atoms with Crippen molar-refractivity contribution in [1.29, 1.82) is 5.41 Å². The van der Waals surface area contributed by atoms with Crippen molar-refractivity contribution in [2.24, 2.45) is 11.1 Å². The average molecular weight is 403 g/mol.